The number of nitrogens with zero attached hydrogens (tertiary/aromatic N) is 1. The molecular formula is C16H26N2O3. The SMILES string of the molecule is CCCNC(CN(C)c1ccc(OC)cc1)C(=O)OCC. The Bertz CT molecular complexity index is 420. The number of hydrogen-bond donors (Lipinski definition) is 1. The number of hydrogen-bond acceptors (Lipinski definition) is 5. The molecule has 0 bridgehead atoms. The molecule has 5 heteroatoms. The fraction of sp³-hybridized carbons (Fsp3) is 0.562. The van der Waals surface area contributed by atoms with Crippen molar-refractivity contribution in [1.82, 2.24) is 5.32 Å². The van der Waals surface area contributed by atoms with Gasteiger partial charge in [-0.05, 0) is 44.2 Å². The van der Waals surface area contributed by atoms with Crippen molar-refractivity contribution in [2.75, 3.05) is 38.8 Å². The Labute approximate surface area is 127 Å². The van der Waals surface area contributed by atoms with Gasteiger partial charge in [0.25, 0.3) is 0 Å². The third-order valence-corrected chi connectivity index (χ3v) is 3.18. The Balaban J connectivity index is 2.68. The van der Waals surface area contributed by atoms with Gasteiger partial charge < -0.3 is 19.7 Å². The molecule has 0 saturated carbocycles. The number of carbonyl (C=O) groups excluding carboxylic acids is 1. The molecule has 0 saturated heterocycles. The van der Waals surface area contributed by atoms with Crippen LogP contribution in [0.4, 0.5) is 5.69 Å². The van der Waals surface area contributed by atoms with Crippen molar-refractivity contribution in [2.24, 2.45) is 0 Å². The third kappa shape index (κ3) is 5.63. The Kier molecular flexibility index (Phi) is 7.61. The molecule has 0 heterocycles. The van der Waals surface area contributed by atoms with Gasteiger partial charge in [-0.1, -0.05) is 6.92 Å². The lowest BCUT2D eigenvalue weighted by Crippen LogP contribution is -2.46. The summed E-state index contributed by atoms with van der Waals surface area (Å²) in [5.41, 5.74) is 1.03. The Morgan fingerprint density at radius 3 is 2.48 bits per heavy atom. The molecule has 1 rings (SSSR count). The number of esters is 1. The van der Waals surface area contributed by atoms with E-state index in [1.807, 2.05) is 43.1 Å². The van der Waals surface area contributed by atoms with Gasteiger partial charge in [0.2, 0.25) is 0 Å². The lowest BCUT2D eigenvalue weighted by Gasteiger charge is -2.25. The van der Waals surface area contributed by atoms with Gasteiger partial charge in [0.1, 0.15) is 11.8 Å². The summed E-state index contributed by atoms with van der Waals surface area (Å²) in [5, 5.41) is 3.24. The van der Waals surface area contributed by atoms with Gasteiger partial charge in [-0.3, -0.25) is 4.79 Å². The molecule has 0 fully saturated rings. The number of anilines is 1. The molecule has 1 aromatic rings. The zero-order chi connectivity index (χ0) is 15.7. The van der Waals surface area contributed by atoms with Crippen molar-refractivity contribution in [1.29, 1.82) is 0 Å². The van der Waals surface area contributed by atoms with Crippen LogP contribution >= 0.6 is 0 Å². The molecule has 0 radical (unpaired) electrons. The zero-order valence-electron chi connectivity index (χ0n) is 13.4. The Morgan fingerprint density at radius 2 is 1.95 bits per heavy atom. The first-order valence-corrected chi connectivity index (χ1v) is 7.37. The van der Waals surface area contributed by atoms with Gasteiger partial charge in [0, 0.05) is 19.3 Å². The maximum Gasteiger partial charge on any atom is 0.324 e. The number of carbonyl (C=O) groups is 1. The van der Waals surface area contributed by atoms with Crippen molar-refractivity contribution in [3.63, 3.8) is 0 Å². The van der Waals surface area contributed by atoms with Gasteiger partial charge in [-0.25, -0.2) is 0 Å². The molecule has 1 N–H and O–H groups in total. The van der Waals surface area contributed by atoms with Gasteiger partial charge in [-0.15, -0.1) is 0 Å². The van der Waals surface area contributed by atoms with Crippen LogP contribution in [0.5, 0.6) is 5.75 Å². The third-order valence-electron chi connectivity index (χ3n) is 3.18. The van der Waals surface area contributed by atoms with E-state index in [4.69, 9.17) is 9.47 Å². The van der Waals surface area contributed by atoms with E-state index in [0.29, 0.717) is 13.2 Å². The first-order chi connectivity index (χ1) is 10.1. The van der Waals surface area contributed by atoms with Crippen LogP contribution in [-0.4, -0.2) is 45.9 Å². The number of methoxy groups -OCH3 is 1. The molecule has 0 amide bonds. The standard InChI is InChI=1S/C16H26N2O3/c1-5-11-17-15(16(19)21-6-2)12-18(3)13-7-9-14(20-4)10-8-13/h7-10,15,17H,5-6,11-12H2,1-4H3. The molecule has 0 aliphatic rings. The number of benzene rings is 1. The maximum atomic E-state index is 12.0. The van der Waals surface area contributed by atoms with Crippen LogP contribution in [0.3, 0.4) is 0 Å². The maximum absolute atomic E-state index is 12.0. The van der Waals surface area contributed by atoms with Crippen molar-refractivity contribution >= 4 is 11.7 Å². The predicted molar refractivity (Wildman–Crippen MR) is 85.0 cm³/mol. The lowest BCUT2D eigenvalue weighted by atomic mass is 10.2. The molecule has 1 unspecified atom stereocenters. The van der Waals surface area contributed by atoms with Gasteiger partial charge in [-0.2, -0.15) is 0 Å². The largest absolute Gasteiger partial charge is 0.497 e. The molecular weight excluding hydrogens is 268 g/mol. The van der Waals surface area contributed by atoms with Crippen LogP contribution < -0.4 is 15.0 Å². The molecule has 0 spiro atoms. The normalized spacial score (nSPS) is 11.8. The predicted octanol–water partition coefficient (Wildman–Crippen LogP) is 2.06. The molecule has 0 aliphatic carbocycles. The van der Waals surface area contributed by atoms with E-state index in [0.717, 1.165) is 24.4 Å². The molecule has 118 valence electrons. The van der Waals surface area contributed by atoms with E-state index >= 15 is 0 Å². The minimum Gasteiger partial charge on any atom is -0.497 e. The summed E-state index contributed by atoms with van der Waals surface area (Å²) < 4.78 is 10.3. The average molecular weight is 294 g/mol. The van der Waals surface area contributed by atoms with Crippen molar-refractivity contribution in [2.45, 2.75) is 26.3 Å². The molecule has 1 aromatic carbocycles. The summed E-state index contributed by atoms with van der Waals surface area (Å²) in [6, 6.07) is 7.44. The molecule has 1 atom stereocenters. The van der Waals surface area contributed by atoms with Crippen LogP contribution in [0.1, 0.15) is 20.3 Å². The van der Waals surface area contributed by atoms with E-state index in [1.54, 1.807) is 7.11 Å². The van der Waals surface area contributed by atoms with E-state index in [1.165, 1.54) is 0 Å². The quantitative estimate of drug-likeness (QED) is 0.707. The Hall–Kier alpha value is -1.75. The highest BCUT2D eigenvalue weighted by atomic mass is 16.5. The lowest BCUT2D eigenvalue weighted by molar-refractivity contribution is -0.145. The summed E-state index contributed by atoms with van der Waals surface area (Å²) in [4.78, 5) is 14.0. The highest BCUT2D eigenvalue weighted by Gasteiger charge is 2.20. The Morgan fingerprint density at radius 1 is 1.29 bits per heavy atom. The summed E-state index contributed by atoms with van der Waals surface area (Å²) in [6.45, 7) is 5.64. The zero-order valence-corrected chi connectivity index (χ0v) is 13.4. The second-order valence-corrected chi connectivity index (χ2v) is 4.84. The first kappa shape index (κ1) is 17.3. The fourth-order valence-corrected chi connectivity index (χ4v) is 2.00. The number of ether oxygens (including phenoxy) is 2. The first-order valence-electron chi connectivity index (χ1n) is 7.37. The van der Waals surface area contributed by atoms with Gasteiger partial charge >= 0.3 is 5.97 Å². The van der Waals surface area contributed by atoms with Crippen LogP contribution in [-0.2, 0) is 9.53 Å². The summed E-state index contributed by atoms with van der Waals surface area (Å²) >= 11 is 0. The van der Waals surface area contributed by atoms with Crippen LogP contribution in [0.15, 0.2) is 24.3 Å². The van der Waals surface area contributed by atoms with E-state index in [9.17, 15) is 4.79 Å². The van der Waals surface area contributed by atoms with Crippen LogP contribution in [0.25, 0.3) is 0 Å². The van der Waals surface area contributed by atoms with Crippen molar-refractivity contribution in [3.05, 3.63) is 24.3 Å². The smallest absolute Gasteiger partial charge is 0.324 e. The van der Waals surface area contributed by atoms with Crippen LogP contribution in [0, 0.1) is 0 Å². The van der Waals surface area contributed by atoms with Gasteiger partial charge in [0.05, 0.1) is 13.7 Å². The number of nitrogens with one attached hydrogen (secondary N) is 1. The number of rotatable bonds is 9. The summed E-state index contributed by atoms with van der Waals surface area (Å²) in [7, 11) is 3.60. The highest BCUT2D eigenvalue weighted by Crippen LogP contribution is 2.18. The van der Waals surface area contributed by atoms with E-state index in [-0.39, 0.29) is 12.0 Å². The molecule has 21 heavy (non-hydrogen) atoms. The average Bonchev–Trinajstić information content (AvgIpc) is 2.51. The van der Waals surface area contributed by atoms with Crippen molar-refractivity contribution in [3.8, 4) is 5.75 Å². The molecule has 0 aliphatic heterocycles. The molecule has 5 nitrogen and oxygen atoms in total. The van der Waals surface area contributed by atoms with E-state index < -0.39 is 0 Å². The van der Waals surface area contributed by atoms with Gasteiger partial charge in [0.15, 0.2) is 0 Å². The second kappa shape index (κ2) is 9.23. The summed E-state index contributed by atoms with van der Waals surface area (Å²) in [6.07, 6.45) is 0.974. The monoisotopic (exact) mass is 294 g/mol. The minimum atomic E-state index is -0.322. The highest BCUT2D eigenvalue weighted by molar-refractivity contribution is 5.76. The summed E-state index contributed by atoms with van der Waals surface area (Å²) in [5.74, 6) is 0.615. The fourth-order valence-electron chi connectivity index (χ4n) is 2.00. The molecule has 0 aromatic heterocycles. The van der Waals surface area contributed by atoms with Crippen molar-refractivity contribution < 1.29 is 14.3 Å². The van der Waals surface area contributed by atoms with Crippen LogP contribution in [0.2, 0.25) is 0 Å². The van der Waals surface area contributed by atoms with E-state index in [2.05, 4.69) is 12.2 Å². The topological polar surface area (TPSA) is 50.8 Å². The second-order valence-electron chi connectivity index (χ2n) is 4.84. The minimum absolute atomic E-state index is 0.202. The number of likely N-dealkylation sites (N-methyl/N-ethyl adjacent to an activating group) is 1.